The normalized spacial score (nSPS) is 17.8. The molecule has 2 rings (SSSR count). The summed E-state index contributed by atoms with van der Waals surface area (Å²) in [4.78, 5) is 12.8. The molecule has 0 saturated carbocycles. The summed E-state index contributed by atoms with van der Waals surface area (Å²) in [6.07, 6.45) is -2.67. The quantitative estimate of drug-likeness (QED) is 0.807. The fourth-order valence-corrected chi connectivity index (χ4v) is 3.34. The first-order valence-corrected chi connectivity index (χ1v) is 8.76. The average Bonchev–Trinajstić information content (AvgIpc) is 2.60. The van der Waals surface area contributed by atoms with E-state index in [9.17, 15) is 18.0 Å². The van der Waals surface area contributed by atoms with E-state index in [0.29, 0.717) is 18.7 Å². The second-order valence-electron chi connectivity index (χ2n) is 7.57. The van der Waals surface area contributed by atoms with E-state index < -0.39 is 17.2 Å². The van der Waals surface area contributed by atoms with Crippen LogP contribution in [0.5, 0.6) is 0 Å². The molecule has 4 nitrogen and oxygen atoms in total. The molecular formula is C19H27F3N2O2. The molecule has 2 N–H and O–H groups in total. The van der Waals surface area contributed by atoms with Gasteiger partial charge >= 0.3 is 6.18 Å². The number of carbonyl (C=O) groups excluding carboxylic acids is 1. The molecule has 0 aromatic heterocycles. The highest BCUT2D eigenvalue weighted by Crippen LogP contribution is 2.33. The van der Waals surface area contributed by atoms with Crippen molar-refractivity contribution in [2.75, 3.05) is 33.4 Å². The van der Waals surface area contributed by atoms with Crippen LogP contribution in [-0.4, -0.2) is 39.3 Å². The van der Waals surface area contributed by atoms with Crippen molar-refractivity contribution in [2.45, 2.75) is 38.3 Å². The van der Waals surface area contributed by atoms with E-state index >= 15 is 0 Å². The molecule has 1 aromatic carbocycles. The Balaban J connectivity index is 2.12. The lowest BCUT2D eigenvalue weighted by atomic mass is 9.78. The Hall–Kier alpha value is -1.60. The molecule has 1 saturated heterocycles. The van der Waals surface area contributed by atoms with Gasteiger partial charge in [-0.15, -0.1) is 0 Å². The van der Waals surface area contributed by atoms with Gasteiger partial charge in [0.05, 0.1) is 17.6 Å². The van der Waals surface area contributed by atoms with Crippen molar-refractivity contribution in [1.82, 2.24) is 10.6 Å². The van der Waals surface area contributed by atoms with Crippen molar-refractivity contribution in [3.8, 4) is 0 Å². The minimum atomic E-state index is -4.43. The third kappa shape index (κ3) is 4.76. The molecule has 0 radical (unpaired) electrons. The van der Waals surface area contributed by atoms with Crippen LogP contribution in [0.2, 0.25) is 0 Å². The van der Waals surface area contributed by atoms with Gasteiger partial charge in [-0.1, -0.05) is 18.2 Å². The number of methoxy groups -OCH3 is 1. The summed E-state index contributed by atoms with van der Waals surface area (Å²) in [5.41, 5.74) is -1.61. The Morgan fingerprint density at radius 3 is 2.42 bits per heavy atom. The first kappa shape index (κ1) is 20.7. The molecule has 1 aliphatic heterocycles. The zero-order valence-electron chi connectivity index (χ0n) is 15.5. The lowest BCUT2D eigenvalue weighted by molar-refractivity contribution is -0.138. The number of ether oxygens (including phenoxy) is 1. The van der Waals surface area contributed by atoms with Gasteiger partial charge in [-0.3, -0.25) is 4.79 Å². The fourth-order valence-electron chi connectivity index (χ4n) is 3.34. The molecule has 0 unspecified atom stereocenters. The van der Waals surface area contributed by atoms with E-state index in [2.05, 4.69) is 10.6 Å². The predicted octanol–water partition coefficient (Wildman–Crippen LogP) is 3.12. The minimum absolute atomic E-state index is 0.139. The smallest absolute Gasteiger partial charge is 0.384 e. The Bertz CT molecular complexity index is 618. The third-order valence-electron chi connectivity index (χ3n) is 5.22. The van der Waals surface area contributed by atoms with Crippen molar-refractivity contribution >= 4 is 5.91 Å². The van der Waals surface area contributed by atoms with Crippen LogP contribution in [0, 0.1) is 5.41 Å². The Morgan fingerprint density at radius 1 is 1.23 bits per heavy atom. The fraction of sp³-hybridized carbons (Fsp3) is 0.632. The molecule has 1 amide bonds. The summed E-state index contributed by atoms with van der Waals surface area (Å²) in [5.74, 6) is -0.286. The molecule has 1 aliphatic rings. The number of amides is 1. The number of benzene rings is 1. The molecule has 1 fully saturated rings. The van der Waals surface area contributed by atoms with Crippen LogP contribution < -0.4 is 10.6 Å². The van der Waals surface area contributed by atoms with Gasteiger partial charge in [0, 0.05) is 19.1 Å². The topological polar surface area (TPSA) is 50.4 Å². The highest BCUT2D eigenvalue weighted by molar-refractivity contribution is 5.87. The van der Waals surface area contributed by atoms with Crippen molar-refractivity contribution in [3.05, 3.63) is 35.4 Å². The molecular weight excluding hydrogens is 345 g/mol. The SMILES string of the molecule is COCC1(CNC(=O)C(C)(C)c2cccc(C(F)(F)F)c2)CCNCC1. The number of halogens is 3. The highest BCUT2D eigenvalue weighted by atomic mass is 19.4. The van der Waals surface area contributed by atoms with Crippen LogP contribution in [0.15, 0.2) is 24.3 Å². The number of alkyl halides is 3. The van der Waals surface area contributed by atoms with Crippen molar-refractivity contribution in [3.63, 3.8) is 0 Å². The van der Waals surface area contributed by atoms with Gasteiger partial charge in [0.2, 0.25) is 5.91 Å². The standard InChI is InChI=1S/C19H27F3N2O2/c1-17(2,14-5-4-6-15(11-14)19(20,21)22)16(25)24-12-18(13-26-3)7-9-23-10-8-18/h4-6,11,23H,7-10,12-13H2,1-3H3,(H,24,25). The number of carbonyl (C=O) groups is 1. The molecule has 0 spiro atoms. The summed E-state index contributed by atoms with van der Waals surface area (Å²) >= 11 is 0. The summed E-state index contributed by atoms with van der Waals surface area (Å²) in [7, 11) is 1.64. The van der Waals surface area contributed by atoms with E-state index in [1.165, 1.54) is 6.07 Å². The first-order chi connectivity index (χ1) is 12.1. The summed E-state index contributed by atoms with van der Waals surface area (Å²) in [5, 5.41) is 6.23. The van der Waals surface area contributed by atoms with Crippen LogP contribution >= 0.6 is 0 Å². The molecule has 146 valence electrons. The van der Waals surface area contributed by atoms with Gasteiger partial charge in [-0.05, 0) is 51.4 Å². The van der Waals surface area contributed by atoms with Crippen molar-refractivity contribution in [2.24, 2.45) is 5.41 Å². The lowest BCUT2D eigenvalue weighted by Crippen LogP contribution is -2.50. The third-order valence-corrected chi connectivity index (χ3v) is 5.22. The van der Waals surface area contributed by atoms with Gasteiger partial charge < -0.3 is 15.4 Å². The summed E-state index contributed by atoms with van der Waals surface area (Å²) in [6.45, 7) is 5.99. The molecule has 26 heavy (non-hydrogen) atoms. The van der Waals surface area contributed by atoms with Crippen LogP contribution in [0.4, 0.5) is 13.2 Å². The van der Waals surface area contributed by atoms with E-state index in [4.69, 9.17) is 4.74 Å². The molecule has 0 aliphatic carbocycles. The molecule has 0 atom stereocenters. The largest absolute Gasteiger partial charge is 0.416 e. The number of rotatable bonds is 6. The summed E-state index contributed by atoms with van der Waals surface area (Å²) < 4.78 is 44.2. The van der Waals surface area contributed by atoms with E-state index in [0.717, 1.165) is 38.1 Å². The van der Waals surface area contributed by atoms with Gasteiger partial charge in [-0.2, -0.15) is 13.2 Å². The van der Waals surface area contributed by atoms with Gasteiger partial charge in [0.25, 0.3) is 0 Å². The molecule has 7 heteroatoms. The summed E-state index contributed by atoms with van der Waals surface area (Å²) in [6, 6.07) is 4.96. The Kier molecular flexibility index (Phi) is 6.34. The predicted molar refractivity (Wildman–Crippen MR) is 93.9 cm³/mol. The van der Waals surface area contributed by atoms with Crippen LogP contribution in [0.3, 0.4) is 0 Å². The lowest BCUT2D eigenvalue weighted by Gasteiger charge is -2.38. The Morgan fingerprint density at radius 2 is 1.85 bits per heavy atom. The number of hydrogen-bond donors (Lipinski definition) is 2. The average molecular weight is 372 g/mol. The molecule has 1 heterocycles. The van der Waals surface area contributed by atoms with E-state index in [1.807, 2.05) is 0 Å². The molecule has 0 bridgehead atoms. The molecule has 1 aromatic rings. The van der Waals surface area contributed by atoms with E-state index in [-0.39, 0.29) is 11.3 Å². The number of piperidine rings is 1. The first-order valence-electron chi connectivity index (χ1n) is 8.76. The van der Waals surface area contributed by atoms with Crippen LogP contribution in [0.1, 0.15) is 37.8 Å². The van der Waals surface area contributed by atoms with Crippen LogP contribution in [-0.2, 0) is 21.1 Å². The van der Waals surface area contributed by atoms with Crippen LogP contribution in [0.25, 0.3) is 0 Å². The second kappa shape index (κ2) is 7.96. The van der Waals surface area contributed by atoms with Crippen molar-refractivity contribution < 1.29 is 22.7 Å². The number of nitrogens with one attached hydrogen (secondary N) is 2. The maximum atomic E-state index is 13.0. The second-order valence-corrected chi connectivity index (χ2v) is 7.57. The maximum absolute atomic E-state index is 13.0. The van der Waals surface area contributed by atoms with Gasteiger partial charge in [0.1, 0.15) is 0 Å². The minimum Gasteiger partial charge on any atom is -0.384 e. The van der Waals surface area contributed by atoms with Gasteiger partial charge in [-0.25, -0.2) is 0 Å². The maximum Gasteiger partial charge on any atom is 0.416 e. The zero-order chi connectivity index (χ0) is 19.4. The zero-order valence-corrected chi connectivity index (χ0v) is 15.5. The van der Waals surface area contributed by atoms with Crippen molar-refractivity contribution in [1.29, 1.82) is 0 Å². The van der Waals surface area contributed by atoms with E-state index in [1.54, 1.807) is 27.0 Å². The Labute approximate surface area is 152 Å². The monoisotopic (exact) mass is 372 g/mol. The van der Waals surface area contributed by atoms with Gasteiger partial charge in [0.15, 0.2) is 0 Å². The highest BCUT2D eigenvalue weighted by Gasteiger charge is 2.37. The number of hydrogen-bond acceptors (Lipinski definition) is 3.